The number of nitrogens with zero attached hydrogens (tertiary/aromatic N) is 3. The van der Waals surface area contributed by atoms with Gasteiger partial charge in [0.25, 0.3) is 5.91 Å². The van der Waals surface area contributed by atoms with Crippen molar-refractivity contribution in [2.45, 2.75) is 6.36 Å². The number of pyridine rings is 1. The van der Waals surface area contributed by atoms with Crippen LogP contribution in [-0.2, 0) is 4.74 Å². The molecule has 0 saturated carbocycles. The van der Waals surface area contributed by atoms with Crippen molar-refractivity contribution in [2.75, 3.05) is 26.3 Å². The zero-order valence-corrected chi connectivity index (χ0v) is 17.8. The molecule has 7 nitrogen and oxygen atoms in total. The number of aromatic amines is 1. The number of morpholine rings is 1. The van der Waals surface area contributed by atoms with Crippen LogP contribution < -0.4 is 4.74 Å². The van der Waals surface area contributed by atoms with Crippen LogP contribution in [0.1, 0.15) is 10.4 Å². The summed E-state index contributed by atoms with van der Waals surface area (Å²) in [6, 6.07) is 14.8. The van der Waals surface area contributed by atoms with E-state index in [1.807, 2.05) is 6.07 Å². The predicted octanol–water partition coefficient (Wildman–Crippen LogP) is 4.66. The quantitative estimate of drug-likeness (QED) is 0.471. The van der Waals surface area contributed by atoms with Gasteiger partial charge in [0.15, 0.2) is 5.65 Å². The van der Waals surface area contributed by atoms with Crippen molar-refractivity contribution in [3.63, 3.8) is 0 Å². The molecule has 174 valence electrons. The van der Waals surface area contributed by atoms with Crippen molar-refractivity contribution < 1.29 is 27.4 Å². The lowest BCUT2D eigenvalue weighted by Gasteiger charge is -2.27. The van der Waals surface area contributed by atoms with E-state index in [1.165, 1.54) is 18.2 Å². The van der Waals surface area contributed by atoms with Crippen molar-refractivity contribution in [3.8, 4) is 28.1 Å². The van der Waals surface area contributed by atoms with Crippen LogP contribution in [0.2, 0.25) is 0 Å². The van der Waals surface area contributed by atoms with E-state index in [0.29, 0.717) is 54.2 Å². The second-order valence-electron chi connectivity index (χ2n) is 7.72. The molecule has 1 saturated heterocycles. The number of fused-ring (bicyclic) bond motifs is 1. The maximum absolute atomic E-state index is 12.9. The normalized spacial score (nSPS) is 14.4. The molecule has 0 aliphatic carbocycles. The molecular weight excluding hydrogens is 449 g/mol. The van der Waals surface area contributed by atoms with E-state index in [0.717, 1.165) is 5.56 Å². The van der Waals surface area contributed by atoms with Gasteiger partial charge in [-0.25, -0.2) is 4.98 Å². The maximum Gasteiger partial charge on any atom is 0.573 e. The average Bonchev–Trinajstić information content (AvgIpc) is 3.27. The van der Waals surface area contributed by atoms with Gasteiger partial charge < -0.3 is 14.4 Å². The number of rotatable bonds is 4. The molecule has 4 aromatic rings. The Labute approximate surface area is 192 Å². The molecule has 1 N–H and O–H groups in total. The summed E-state index contributed by atoms with van der Waals surface area (Å²) < 4.78 is 48.2. The minimum atomic E-state index is -4.83. The lowest BCUT2D eigenvalue weighted by atomic mass is 10.0. The van der Waals surface area contributed by atoms with Crippen molar-refractivity contribution in [2.24, 2.45) is 0 Å². The molecule has 0 unspecified atom stereocenters. The fourth-order valence-electron chi connectivity index (χ4n) is 3.93. The first kappa shape index (κ1) is 21.9. The van der Waals surface area contributed by atoms with Crippen LogP contribution in [0.3, 0.4) is 0 Å². The lowest BCUT2D eigenvalue weighted by Crippen LogP contribution is -2.40. The summed E-state index contributed by atoms with van der Waals surface area (Å²) in [4.78, 5) is 19.0. The Bertz CT molecular complexity index is 1350. The van der Waals surface area contributed by atoms with Gasteiger partial charge >= 0.3 is 6.36 Å². The molecule has 1 fully saturated rings. The fourth-order valence-corrected chi connectivity index (χ4v) is 3.93. The zero-order chi connectivity index (χ0) is 23.7. The topological polar surface area (TPSA) is 80.3 Å². The van der Waals surface area contributed by atoms with Crippen LogP contribution in [0.15, 0.2) is 60.8 Å². The first-order valence-electron chi connectivity index (χ1n) is 10.6. The molecule has 2 aromatic carbocycles. The van der Waals surface area contributed by atoms with Gasteiger partial charge in [-0.05, 0) is 35.9 Å². The van der Waals surface area contributed by atoms with Gasteiger partial charge in [-0.3, -0.25) is 9.89 Å². The van der Waals surface area contributed by atoms with Gasteiger partial charge in [0, 0.05) is 41.4 Å². The highest BCUT2D eigenvalue weighted by Gasteiger charge is 2.32. The van der Waals surface area contributed by atoms with Crippen LogP contribution in [0, 0.1) is 0 Å². The van der Waals surface area contributed by atoms with Gasteiger partial charge in [0.1, 0.15) is 5.75 Å². The molecule has 1 aliphatic heterocycles. The molecule has 0 atom stereocenters. The van der Waals surface area contributed by atoms with E-state index in [1.54, 1.807) is 41.4 Å². The van der Waals surface area contributed by atoms with Crippen LogP contribution in [-0.4, -0.2) is 58.7 Å². The van der Waals surface area contributed by atoms with Crippen molar-refractivity contribution >= 4 is 16.9 Å². The van der Waals surface area contributed by atoms with E-state index in [4.69, 9.17) is 4.74 Å². The minimum Gasteiger partial charge on any atom is -0.405 e. The molecule has 10 heteroatoms. The number of carbonyl (C=O) groups is 1. The third-order valence-corrected chi connectivity index (χ3v) is 5.53. The number of para-hydroxylation sites is 1. The number of amides is 1. The van der Waals surface area contributed by atoms with Gasteiger partial charge in [-0.15, -0.1) is 13.2 Å². The molecule has 5 rings (SSSR count). The molecule has 2 aromatic heterocycles. The highest BCUT2D eigenvalue weighted by atomic mass is 19.4. The van der Waals surface area contributed by atoms with E-state index < -0.39 is 6.36 Å². The van der Waals surface area contributed by atoms with Crippen LogP contribution in [0.5, 0.6) is 5.75 Å². The third-order valence-electron chi connectivity index (χ3n) is 5.53. The zero-order valence-electron chi connectivity index (χ0n) is 17.8. The number of benzene rings is 2. The van der Waals surface area contributed by atoms with Gasteiger partial charge in [-0.2, -0.15) is 5.10 Å². The molecule has 0 bridgehead atoms. The molecule has 0 spiro atoms. The van der Waals surface area contributed by atoms with Crippen LogP contribution in [0.4, 0.5) is 13.2 Å². The Kier molecular flexibility index (Phi) is 5.66. The number of H-pyrrole nitrogens is 1. The second kappa shape index (κ2) is 8.79. The summed E-state index contributed by atoms with van der Waals surface area (Å²) >= 11 is 0. The van der Waals surface area contributed by atoms with E-state index >= 15 is 0 Å². The second-order valence-corrected chi connectivity index (χ2v) is 7.72. The maximum atomic E-state index is 12.9. The third kappa shape index (κ3) is 4.44. The molecule has 1 aliphatic rings. The standard InChI is InChI=1S/C24H19F3N4O3/c25-24(26,27)34-20-7-2-1-6-18(20)21-19-13-17(14-28-22(19)30-29-21)15-4-3-5-16(12-15)23(32)31-8-10-33-11-9-31/h1-7,12-14H,8-11H2,(H,28,29,30). The van der Waals surface area contributed by atoms with Gasteiger partial charge in [0.05, 0.1) is 18.9 Å². The van der Waals surface area contributed by atoms with E-state index in [9.17, 15) is 18.0 Å². The Morgan fingerprint density at radius 1 is 1.03 bits per heavy atom. The number of hydrogen-bond acceptors (Lipinski definition) is 5. The highest BCUT2D eigenvalue weighted by molar-refractivity contribution is 5.97. The van der Waals surface area contributed by atoms with Crippen LogP contribution >= 0.6 is 0 Å². The molecule has 0 radical (unpaired) electrons. The van der Waals surface area contributed by atoms with E-state index in [-0.39, 0.29) is 17.2 Å². The highest BCUT2D eigenvalue weighted by Crippen LogP contribution is 2.36. The summed E-state index contributed by atoms with van der Waals surface area (Å²) in [6.45, 7) is 2.09. The lowest BCUT2D eigenvalue weighted by molar-refractivity contribution is -0.274. The minimum absolute atomic E-state index is 0.0820. The Morgan fingerprint density at radius 2 is 1.82 bits per heavy atom. The predicted molar refractivity (Wildman–Crippen MR) is 118 cm³/mol. The number of ether oxygens (including phenoxy) is 2. The summed E-state index contributed by atoms with van der Waals surface area (Å²) in [5.74, 6) is -0.425. The molecule has 3 heterocycles. The van der Waals surface area contributed by atoms with Crippen molar-refractivity contribution in [3.05, 3.63) is 66.4 Å². The Hall–Kier alpha value is -3.92. The van der Waals surface area contributed by atoms with Crippen molar-refractivity contribution in [1.82, 2.24) is 20.1 Å². The fraction of sp³-hybridized carbons (Fsp3) is 0.208. The Morgan fingerprint density at radius 3 is 2.62 bits per heavy atom. The van der Waals surface area contributed by atoms with Gasteiger partial charge in [-0.1, -0.05) is 24.3 Å². The molecular formula is C24H19F3N4O3. The number of halogens is 3. The molecule has 1 amide bonds. The Balaban J connectivity index is 1.52. The largest absolute Gasteiger partial charge is 0.573 e. The smallest absolute Gasteiger partial charge is 0.405 e. The SMILES string of the molecule is O=C(c1cccc(-c2cnc3n[nH]c(-c4ccccc4OC(F)(F)F)c3c2)c1)N1CCOCC1. The van der Waals surface area contributed by atoms with Crippen LogP contribution in [0.25, 0.3) is 33.4 Å². The first-order chi connectivity index (χ1) is 16.4. The number of carbonyl (C=O) groups excluding carboxylic acids is 1. The van der Waals surface area contributed by atoms with Crippen molar-refractivity contribution in [1.29, 1.82) is 0 Å². The number of aromatic nitrogens is 3. The monoisotopic (exact) mass is 468 g/mol. The van der Waals surface area contributed by atoms with Gasteiger partial charge in [0.2, 0.25) is 0 Å². The number of hydrogen-bond donors (Lipinski definition) is 1. The average molecular weight is 468 g/mol. The molecule has 34 heavy (non-hydrogen) atoms. The number of alkyl halides is 3. The summed E-state index contributed by atoms with van der Waals surface area (Å²) in [7, 11) is 0. The summed E-state index contributed by atoms with van der Waals surface area (Å²) in [5.41, 5.74) is 2.89. The number of nitrogens with one attached hydrogen (secondary N) is 1. The summed E-state index contributed by atoms with van der Waals surface area (Å²) in [5, 5.41) is 7.43. The summed E-state index contributed by atoms with van der Waals surface area (Å²) in [6.07, 6.45) is -3.22. The first-order valence-corrected chi connectivity index (χ1v) is 10.6. The van der Waals surface area contributed by atoms with E-state index in [2.05, 4.69) is 19.9 Å².